The van der Waals surface area contributed by atoms with Crippen LogP contribution >= 0.6 is 27.5 Å². The van der Waals surface area contributed by atoms with Crippen molar-refractivity contribution >= 4 is 44.5 Å². The van der Waals surface area contributed by atoms with Gasteiger partial charge in [-0.25, -0.2) is 14.8 Å². The van der Waals surface area contributed by atoms with E-state index in [9.17, 15) is 18.0 Å². The first-order valence-corrected chi connectivity index (χ1v) is 13.0. The fraction of sp³-hybridized carbons (Fsp3) is 0.417. The minimum Gasteiger partial charge on any atom is -0.453 e. The van der Waals surface area contributed by atoms with E-state index >= 15 is 0 Å². The van der Waals surface area contributed by atoms with Crippen molar-refractivity contribution < 1.29 is 27.4 Å². The maximum Gasteiger partial charge on any atom is 0.419 e. The van der Waals surface area contributed by atoms with E-state index in [0.717, 1.165) is 17.6 Å². The van der Waals surface area contributed by atoms with E-state index in [0.29, 0.717) is 41.4 Å². The highest BCUT2D eigenvalue weighted by molar-refractivity contribution is 9.10. The van der Waals surface area contributed by atoms with Gasteiger partial charge in [0.15, 0.2) is 11.6 Å². The van der Waals surface area contributed by atoms with Crippen molar-refractivity contribution in [3.63, 3.8) is 0 Å². The minimum absolute atomic E-state index is 0.0674. The van der Waals surface area contributed by atoms with Crippen molar-refractivity contribution in [1.29, 1.82) is 0 Å². The zero-order valence-corrected chi connectivity index (χ0v) is 22.7. The average molecular weight is 600 g/mol. The Morgan fingerprint density at radius 3 is 2.54 bits per heavy atom. The first-order chi connectivity index (χ1) is 17.4. The van der Waals surface area contributed by atoms with Gasteiger partial charge in [0.2, 0.25) is 5.13 Å². The van der Waals surface area contributed by atoms with Crippen LogP contribution in [0.4, 0.5) is 28.9 Å². The van der Waals surface area contributed by atoms with E-state index in [2.05, 4.69) is 35.6 Å². The van der Waals surface area contributed by atoms with Crippen molar-refractivity contribution in [3.05, 3.63) is 52.4 Å². The summed E-state index contributed by atoms with van der Waals surface area (Å²) in [6.45, 7) is 6.56. The number of halogens is 4. The number of alkyl halides is 3. The van der Waals surface area contributed by atoms with Gasteiger partial charge in [-0.1, -0.05) is 12.1 Å². The first-order valence-electron chi connectivity index (χ1n) is 11.5. The third kappa shape index (κ3) is 7.10. The number of anilines is 2. The highest BCUT2D eigenvalue weighted by Crippen LogP contribution is 2.40. The normalized spacial score (nSPS) is 14.9. The molecule has 0 spiro atoms. The molecule has 13 heteroatoms. The molecule has 0 atom stereocenters. The number of amides is 1. The Morgan fingerprint density at radius 2 is 1.86 bits per heavy atom. The van der Waals surface area contributed by atoms with Crippen LogP contribution in [0.25, 0.3) is 0 Å². The van der Waals surface area contributed by atoms with Gasteiger partial charge in [0.1, 0.15) is 17.2 Å². The lowest BCUT2D eigenvalue weighted by Gasteiger charge is -2.32. The molecule has 1 N–H and O–H groups in total. The highest BCUT2D eigenvalue weighted by Gasteiger charge is 2.34. The van der Waals surface area contributed by atoms with Gasteiger partial charge in [-0.2, -0.15) is 17.5 Å². The summed E-state index contributed by atoms with van der Waals surface area (Å²) in [5.74, 6) is 0.653. The van der Waals surface area contributed by atoms with Crippen molar-refractivity contribution in [3.8, 4) is 11.5 Å². The molecule has 198 valence electrons. The van der Waals surface area contributed by atoms with Crippen molar-refractivity contribution in [2.24, 2.45) is 0 Å². The molecule has 3 heterocycles. The molecule has 1 aliphatic rings. The van der Waals surface area contributed by atoms with Crippen LogP contribution in [-0.2, 0) is 10.9 Å². The van der Waals surface area contributed by atoms with Gasteiger partial charge in [0.25, 0.3) is 0 Å². The molecule has 0 saturated carbocycles. The Kier molecular flexibility index (Phi) is 7.93. The van der Waals surface area contributed by atoms with Crippen LogP contribution in [0.3, 0.4) is 0 Å². The zero-order chi connectivity index (χ0) is 26.8. The Labute approximate surface area is 224 Å². The smallest absolute Gasteiger partial charge is 0.419 e. The molecule has 1 fully saturated rings. The number of ether oxygens (including phenoxy) is 2. The average Bonchev–Trinajstić information content (AvgIpc) is 3.28. The number of aromatic nitrogens is 3. The molecule has 0 radical (unpaired) electrons. The summed E-state index contributed by atoms with van der Waals surface area (Å²) >= 11 is 4.40. The van der Waals surface area contributed by atoms with Gasteiger partial charge in [-0.05, 0) is 61.7 Å². The molecule has 2 aromatic heterocycles. The zero-order valence-electron chi connectivity index (χ0n) is 20.3. The van der Waals surface area contributed by atoms with E-state index < -0.39 is 17.3 Å². The van der Waals surface area contributed by atoms with Crippen molar-refractivity contribution in [2.45, 2.75) is 51.3 Å². The fourth-order valence-corrected chi connectivity index (χ4v) is 4.66. The molecule has 1 amide bonds. The second-order valence-corrected chi connectivity index (χ2v) is 11.1. The Balaban J connectivity index is 1.45. The third-order valence-electron chi connectivity index (χ3n) is 5.41. The molecule has 0 aliphatic carbocycles. The number of nitrogens with zero attached hydrogens (tertiary/aromatic N) is 4. The Bertz CT molecular complexity index is 1260. The van der Waals surface area contributed by atoms with E-state index in [1.807, 2.05) is 20.8 Å². The molecule has 0 bridgehead atoms. The van der Waals surface area contributed by atoms with Gasteiger partial charge in [-0.15, -0.1) is 0 Å². The van der Waals surface area contributed by atoms with Crippen LogP contribution in [0.5, 0.6) is 11.5 Å². The Hall–Kier alpha value is -2.93. The van der Waals surface area contributed by atoms with Crippen LogP contribution in [0.1, 0.15) is 50.9 Å². The molecule has 3 aromatic rings. The molecule has 37 heavy (non-hydrogen) atoms. The van der Waals surface area contributed by atoms with Crippen molar-refractivity contribution in [2.75, 3.05) is 18.4 Å². The predicted molar refractivity (Wildman–Crippen MR) is 136 cm³/mol. The number of para-hydroxylation sites is 1. The number of nitrogens with one attached hydrogen (secondary N) is 1. The number of benzene rings is 1. The van der Waals surface area contributed by atoms with Crippen LogP contribution in [0.15, 0.2) is 41.0 Å². The number of carbonyl (C=O) groups excluding carboxylic acids is 1. The first kappa shape index (κ1) is 27.1. The molecular weight excluding hydrogens is 575 g/mol. The lowest BCUT2D eigenvalue weighted by Crippen LogP contribution is -2.41. The molecule has 4 rings (SSSR count). The van der Waals surface area contributed by atoms with Crippen LogP contribution in [0, 0.1) is 0 Å². The summed E-state index contributed by atoms with van der Waals surface area (Å²) in [5.41, 5.74) is -1.44. The number of carbonyl (C=O) groups is 1. The van der Waals surface area contributed by atoms with E-state index in [1.165, 1.54) is 30.5 Å². The lowest BCUT2D eigenvalue weighted by atomic mass is 9.96. The number of rotatable bonds is 5. The third-order valence-corrected chi connectivity index (χ3v) is 6.49. The number of pyridine rings is 1. The number of hydrogen-bond acceptors (Lipinski definition) is 8. The number of hydrogen-bond donors (Lipinski definition) is 1. The Morgan fingerprint density at radius 1 is 1.16 bits per heavy atom. The molecule has 1 saturated heterocycles. The van der Waals surface area contributed by atoms with E-state index in [1.54, 1.807) is 4.90 Å². The summed E-state index contributed by atoms with van der Waals surface area (Å²) in [6, 6.07) is 6.50. The van der Waals surface area contributed by atoms with Gasteiger partial charge >= 0.3 is 12.3 Å². The number of likely N-dealkylation sites (tertiary alicyclic amines) is 1. The quantitative estimate of drug-likeness (QED) is 0.327. The molecular formula is C24H25BrF3N5O3S. The van der Waals surface area contributed by atoms with Gasteiger partial charge in [0, 0.05) is 47.3 Å². The summed E-state index contributed by atoms with van der Waals surface area (Å²) in [7, 11) is 0. The maximum atomic E-state index is 13.4. The lowest BCUT2D eigenvalue weighted by molar-refractivity contribution is -0.138. The monoisotopic (exact) mass is 599 g/mol. The van der Waals surface area contributed by atoms with Gasteiger partial charge in [0.05, 0.1) is 5.56 Å². The molecule has 8 nitrogen and oxygen atoms in total. The van der Waals surface area contributed by atoms with Crippen molar-refractivity contribution in [1.82, 2.24) is 19.2 Å². The van der Waals surface area contributed by atoms with E-state index in [4.69, 9.17) is 9.47 Å². The highest BCUT2D eigenvalue weighted by atomic mass is 79.9. The largest absolute Gasteiger partial charge is 0.453 e. The fourth-order valence-electron chi connectivity index (χ4n) is 3.70. The van der Waals surface area contributed by atoms with Gasteiger partial charge < -0.3 is 19.7 Å². The van der Waals surface area contributed by atoms with Gasteiger partial charge in [-0.3, -0.25) is 0 Å². The summed E-state index contributed by atoms with van der Waals surface area (Å²) in [4.78, 5) is 22.8. The molecule has 0 unspecified atom stereocenters. The summed E-state index contributed by atoms with van der Waals surface area (Å²) < 4.78 is 56.4. The summed E-state index contributed by atoms with van der Waals surface area (Å²) in [5, 5.41) is 3.44. The SMILES string of the molecule is CC(C)(C)OC(=O)N1CCC(c2nsc(Nc3ncc(Br)cc3Oc3ccccc3C(F)(F)F)n2)CC1. The molecule has 1 aromatic carbocycles. The maximum absolute atomic E-state index is 13.4. The van der Waals surface area contributed by atoms with Crippen LogP contribution < -0.4 is 10.1 Å². The number of piperidine rings is 1. The topological polar surface area (TPSA) is 89.5 Å². The van der Waals surface area contributed by atoms with Crippen LogP contribution in [-0.4, -0.2) is 44.0 Å². The standard InChI is InChI=1S/C24H25BrF3N5O3S/c1-23(2,3)36-22(34)33-10-8-14(9-11-33)19-30-21(37-32-19)31-20-18(12-15(25)13-29-20)35-17-7-5-4-6-16(17)24(26,27)28/h4-7,12-14H,8-11H2,1-3H3,(H,29,30,31,32). The summed E-state index contributed by atoms with van der Waals surface area (Å²) in [6.07, 6.45) is -2.03. The predicted octanol–water partition coefficient (Wildman–Crippen LogP) is 7.36. The second-order valence-electron chi connectivity index (χ2n) is 9.42. The van der Waals surface area contributed by atoms with Crippen LogP contribution in [0.2, 0.25) is 0 Å². The minimum atomic E-state index is -4.57. The van der Waals surface area contributed by atoms with E-state index in [-0.39, 0.29) is 29.3 Å². The molecule has 1 aliphatic heterocycles. The second kappa shape index (κ2) is 10.8.